The van der Waals surface area contributed by atoms with Crippen LogP contribution < -0.4 is 0 Å². The highest BCUT2D eigenvalue weighted by Gasteiger charge is 2.36. The Morgan fingerprint density at radius 3 is 2.26 bits per heavy atom. The van der Waals surface area contributed by atoms with E-state index in [4.69, 9.17) is 0 Å². The molecule has 128 valence electrons. The number of rotatable bonds is 7. The minimum absolute atomic E-state index is 0.167. The van der Waals surface area contributed by atoms with Crippen molar-refractivity contribution in [2.45, 2.75) is 38.5 Å². The molecule has 0 saturated carbocycles. The molecule has 2 aliphatic rings. The third-order valence-corrected chi connectivity index (χ3v) is 5.79. The van der Waals surface area contributed by atoms with E-state index in [1.807, 2.05) is 0 Å². The Kier molecular flexibility index (Phi) is 6.09. The molecule has 2 fully saturated rings. The molecule has 3 nitrogen and oxygen atoms in total. The standard InChI is InChI=1S/C20H32N2O/c23-18-20(17-22-12-4-5-13-22)10-15-21(16-11-20)14-6-9-19-7-2-1-3-8-19/h1-3,7-8,23H,4-6,9-18H2. The molecule has 3 rings (SSSR count). The van der Waals surface area contributed by atoms with Crippen LogP contribution in [0.4, 0.5) is 0 Å². The smallest absolute Gasteiger partial charge is 0.0500 e. The van der Waals surface area contributed by atoms with Gasteiger partial charge in [-0.2, -0.15) is 0 Å². The minimum Gasteiger partial charge on any atom is -0.396 e. The van der Waals surface area contributed by atoms with E-state index in [1.54, 1.807) is 0 Å². The fourth-order valence-electron chi connectivity index (χ4n) is 4.18. The normalized spacial score (nSPS) is 22.5. The number of hydrogen-bond donors (Lipinski definition) is 1. The molecule has 0 spiro atoms. The average molecular weight is 316 g/mol. The van der Waals surface area contributed by atoms with Gasteiger partial charge in [0.15, 0.2) is 0 Å². The number of aryl methyl sites for hydroxylation is 1. The van der Waals surface area contributed by atoms with Crippen LogP contribution in [0.15, 0.2) is 30.3 Å². The number of hydrogen-bond acceptors (Lipinski definition) is 3. The van der Waals surface area contributed by atoms with E-state index in [9.17, 15) is 5.11 Å². The highest BCUT2D eigenvalue weighted by molar-refractivity contribution is 5.14. The zero-order valence-corrected chi connectivity index (χ0v) is 14.4. The Hall–Kier alpha value is -0.900. The molecule has 0 aliphatic carbocycles. The summed E-state index contributed by atoms with van der Waals surface area (Å²) in [5.41, 5.74) is 1.61. The Balaban J connectivity index is 1.40. The summed E-state index contributed by atoms with van der Waals surface area (Å²) >= 11 is 0. The number of benzene rings is 1. The van der Waals surface area contributed by atoms with Crippen molar-refractivity contribution in [2.75, 3.05) is 45.9 Å². The van der Waals surface area contributed by atoms with Crippen molar-refractivity contribution in [3.63, 3.8) is 0 Å². The first-order chi connectivity index (χ1) is 11.3. The molecular weight excluding hydrogens is 284 g/mol. The lowest BCUT2D eigenvalue weighted by molar-refractivity contribution is 0.0185. The highest BCUT2D eigenvalue weighted by atomic mass is 16.3. The van der Waals surface area contributed by atoms with Gasteiger partial charge in [-0.3, -0.25) is 0 Å². The van der Waals surface area contributed by atoms with Gasteiger partial charge in [-0.25, -0.2) is 0 Å². The quantitative estimate of drug-likeness (QED) is 0.838. The zero-order chi connectivity index (χ0) is 16.0. The fraction of sp³-hybridized carbons (Fsp3) is 0.700. The van der Waals surface area contributed by atoms with Gasteiger partial charge in [-0.1, -0.05) is 30.3 Å². The summed E-state index contributed by atoms with van der Waals surface area (Å²) in [5.74, 6) is 0. The number of piperidine rings is 1. The summed E-state index contributed by atoms with van der Waals surface area (Å²) < 4.78 is 0. The van der Waals surface area contributed by atoms with Crippen LogP contribution in [-0.4, -0.2) is 60.8 Å². The Labute approximate surface area is 141 Å². The molecule has 0 atom stereocenters. The lowest BCUT2D eigenvalue weighted by atomic mass is 9.78. The maximum Gasteiger partial charge on any atom is 0.0500 e. The number of nitrogens with zero attached hydrogens (tertiary/aromatic N) is 2. The zero-order valence-electron chi connectivity index (χ0n) is 14.4. The Morgan fingerprint density at radius 2 is 1.61 bits per heavy atom. The molecule has 0 unspecified atom stereocenters. The minimum atomic E-state index is 0.167. The van der Waals surface area contributed by atoms with E-state index in [2.05, 4.69) is 40.1 Å². The third kappa shape index (κ3) is 4.79. The lowest BCUT2D eigenvalue weighted by Gasteiger charge is -2.42. The summed E-state index contributed by atoms with van der Waals surface area (Å²) in [6.07, 6.45) is 7.41. The monoisotopic (exact) mass is 316 g/mol. The second kappa shape index (κ2) is 8.27. The van der Waals surface area contributed by atoms with E-state index in [-0.39, 0.29) is 5.41 Å². The number of likely N-dealkylation sites (tertiary alicyclic amines) is 2. The second-order valence-electron chi connectivity index (χ2n) is 7.57. The highest BCUT2D eigenvalue weighted by Crippen LogP contribution is 2.33. The van der Waals surface area contributed by atoms with E-state index >= 15 is 0 Å². The van der Waals surface area contributed by atoms with Crippen LogP contribution in [0.1, 0.15) is 37.7 Å². The maximum absolute atomic E-state index is 9.97. The molecule has 0 amide bonds. The SMILES string of the molecule is OCC1(CN2CCCC2)CCN(CCCc2ccccc2)CC1. The summed E-state index contributed by atoms with van der Waals surface area (Å²) in [6, 6.07) is 10.8. The maximum atomic E-state index is 9.97. The van der Waals surface area contributed by atoms with Gasteiger partial charge in [0.2, 0.25) is 0 Å². The van der Waals surface area contributed by atoms with Gasteiger partial charge in [0.05, 0.1) is 6.61 Å². The van der Waals surface area contributed by atoms with E-state index in [0.29, 0.717) is 6.61 Å². The molecule has 1 aromatic rings. The fourth-order valence-corrected chi connectivity index (χ4v) is 4.18. The molecule has 0 aromatic heterocycles. The molecule has 23 heavy (non-hydrogen) atoms. The second-order valence-corrected chi connectivity index (χ2v) is 7.57. The Bertz CT molecular complexity index is 448. The molecule has 1 N–H and O–H groups in total. The summed E-state index contributed by atoms with van der Waals surface area (Å²) in [7, 11) is 0. The summed E-state index contributed by atoms with van der Waals surface area (Å²) in [4.78, 5) is 5.17. The van der Waals surface area contributed by atoms with Crippen LogP contribution in [0, 0.1) is 5.41 Å². The van der Waals surface area contributed by atoms with Gasteiger partial charge in [0.25, 0.3) is 0 Å². The third-order valence-electron chi connectivity index (χ3n) is 5.79. The summed E-state index contributed by atoms with van der Waals surface area (Å²) in [5, 5.41) is 9.97. The van der Waals surface area contributed by atoms with Gasteiger partial charge < -0.3 is 14.9 Å². The largest absolute Gasteiger partial charge is 0.396 e. The van der Waals surface area contributed by atoms with Crippen LogP contribution in [0.5, 0.6) is 0 Å². The lowest BCUT2D eigenvalue weighted by Crippen LogP contribution is -2.48. The first kappa shape index (κ1) is 16.9. The number of aliphatic hydroxyl groups is 1. The summed E-state index contributed by atoms with van der Waals surface area (Å²) in [6.45, 7) is 7.46. The van der Waals surface area contributed by atoms with Crippen molar-refractivity contribution in [2.24, 2.45) is 5.41 Å². The molecule has 1 aromatic carbocycles. The molecule has 3 heteroatoms. The topological polar surface area (TPSA) is 26.7 Å². The van der Waals surface area contributed by atoms with Gasteiger partial charge in [-0.15, -0.1) is 0 Å². The van der Waals surface area contributed by atoms with E-state index in [1.165, 1.54) is 50.9 Å². The van der Waals surface area contributed by atoms with Crippen molar-refractivity contribution in [1.82, 2.24) is 9.80 Å². The molecule has 0 bridgehead atoms. The average Bonchev–Trinajstić information content (AvgIpc) is 3.10. The van der Waals surface area contributed by atoms with Crippen LogP contribution >= 0.6 is 0 Å². The molecule has 2 heterocycles. The van der Waals surface area contributed by atoms with Crippen LogP contribution in [0.2, 0.25) is 0 Å². The molecule has 2 saturated heterocycles. The predicted molar refractivity (Wildman–Crippen MR) is 95.6 cm³/mol. The van der Waals surface area contributed by atoms with Crippen molar-refractivity contribution < 1.29 is 5.11 Å². The first-order valence-electron chi connectivity index (χ1n) is 9.39. The molecule has 2 aliphatic heterocycles. The van der Waals surface area contributed by atoms with Gasteiger partial charge in [0, 0.05) is 12.0 Å². The van der Waals surface area contributed by atoms with E-state index in [0.717, 1.165) is 32.5 Å². The van der Waals surface area contributed by atoms with Crippen LogP contribution in [0.25, 0.3) is 0 Å². The van der Waals surface area contributed by atoms with Gasteiger partial charge in [-0.05, 0) is 76.8 Å². The Morgan fingerprint density at radius 1 is 0.913 bits per heavy atom. The van der Waals surface area contributed by atoms with Crippen molar-refractivity contribution in [1.29, 1.82) is 0 Å². The van der Waals surface area contributed by atoms with Crippen LogP contribution in [0.3, 0.4) is 0 Å². The van der Waals surface area contributed by atoms with Gasteiger partial charge >= 0.3 is 0 Å². The van der Waals surface area contributed by atoms with Gasteiger partial charge in [0.1, 0.15) is 0 Å². The predicted octanol–water partition coefficient (Wildman–Crippen LogP) is 2.79. The van der Waals surface area contributed by atoms with E-state index < -0.39 is 0 Å². The van der Waals surface area contributed by atoms with Crippen LogP contribution in [-0.2, 0) is 6.42 Å². The number of aliphatic hydroxyl groups excluding tert-OH is 1. The van der Waals surface area contributed by atoms with Crippen molar-refractivity contribution in [3.05, 3.63) is 35.9 Å². The van der Waals surface area contributed by atoms with Crippen molar-refractivity contribution in [3.8, 4) is 0 Å². The molecular formula is C20H32N2O. The molecule has 0 radical (unpaired) electrons. The van der Waals surface area contributed by atoms with Crippen molar-refractivity contribution >= 4 is 0 Å². The first-order valence-corrected chi connectivity index (χ1v) is 9.39.